The molecule has 3 aliphatic rings. The number of aliphatic hydroxyl groups excluding tert-OH is 2. The van der Waals surface area contributed by atoms with Crippen LogP contribution in [0.1, 0.15) is 268 Å². The summed E-state index contributed by atoms with van der Waals surface area (Å²) in [6.45, 7) is 20.2. The molecule has 808 valence electrons. The van der Waals surface area contributed by atoms with Crippen LogP contribution in [0.25, 0.3) is 0 Å². The van der Waals surface area contributed by atoms with E-state index in [1.807, 2.05) is 20.8 Å². The predicted octanol–water partition coefficient (Wildman–Crippen LogP) is 3.67. The van der Waals surface area contributed by atoms with E-state index in [0.29, 0.717) is 128 Å². The molecular weight excluding hydrogens is 1860 g/mol. The van der Waals surface area contributed by atoms with Crippen molar-refractivity contribution >= 4 is 112 Å². The number of carboxylic acids is 2. The Hall–Kier alpha value is -10.2. The Morgan fingerprint density at radius 2 is 0.979 bits per heavy atom. The molecule has 2 unspecified atom stereocenters. The number of aliphatic carboxylic acids is 2. The molecule has 1 saturated carbocycles. The van der Waals surface area contributed by atoms with Gasteiger partial charge < -0.3 is 119 Å². The molecule has 2 heterocycles. The Labute approximate surface area is 840 Å². The number of ketones is 7. The SMILES string of the molecule is CCCCC[C@H](CC(=O)[C@@H](C)NC(=O)[C@H](C)CC(=O)[C@@H](CCCCN)NC(=O)[C@@H](CC(=O)[C@@H](CCC(=O)O)NC(=O)C(NC(=O)CCOCCOCCOCCOCCOCCNC(=O)CCCC[C@@H]1CC[C@H]2NC(=O)N[C@@H]12)[C@@H](C)O)C(C)C)C(=O)N[C@H](C)C(=O)C[C@@H](CC(=O)O)C(=O)NC(C(=O)C[C@@H](Cc1ccc(O)cc1)C(=O)N[C@H](CC(C)C)C(=O)C[C@@H](CCCCN)C(=O)N1CCC[C@@H]1C(C)=O)[C@H](C)O. The molecule has 1 aromatic carbocycles. The van der Waals surface area contributed by atoms with Gasteiger partial charge in [-0.3, -0.25) is 86.3 Å². The van der Waals surface area contributed by atoms with Gasteiger partial charge in [-0.2, -0.15) is 0 Å². The van der Waals surface area contributed by atoms with Gasteiger partial charge in [0.05, 0.1) is 139 Å². The summed E-state index contributed by atoms with van der Waals surface area (Å²) in [6, 6.07) is -4.68. The fraction of sp³-hybridized carbons (Fsp3) is 0.752. The van der Waals surface area contributed by atoms with E-state index in [9.17, 15) is 117 Å². The van der Waals surface area contributed by atoms with E-state index in [1.165, 1.54) is 63.8 Å². The second-order valence-electron chi connectivity index (χ2n) is 39.1. The third kappa shape index (κ3) is 48.1. The highest BCUT2D eigenvalue weighted by atomic mass is 16.6. The molecule has 0 bridgehead atoms. The first-order chi connectivity index (χ1) is 67.9. The van der Waals surface area contributed by atoms with E-state index in [1.54, 1.807) is 13.8 Å². The molecule has 19 N–H and O–H groups in total. The quantitative estimate of drug-likeness (QED) is 0.0414. The van der Waals surface area contributed by atoms with Crippen LogP contribution in [0.5, 0.6) is 5.75 Å². The summed E-state index contributed by atoms with van der Waals surface area (Å²) < 4.78 is 27.6. The number of nitrogens with one attached hydrogen (secondary N) is 10. The zero-order valence-corrected chi connectivity index (χ0v) is 85.7. The maximum absolute atomic E-state index is 14.7. The summed E-state index contributed by atoms with van der Waals surface area (Å²) in [5.41, 5.74) is 12.1. The number of carbonyl (C=O) groups is 19. The average Bonchev–Trinajstić information content (AvgIpc) is 1.67. The van der Waals surface area contributed by atoms with Gasteiger partial charge in [0.1, 0.15) is 17.8 Å². The van der Waals surface area contributed by atoms with Gasteiger partial charge in [0, 0.05) is 100 Å². The van der Waals surface area contributed by atoms with Gasteiger partial charge >= 0.3 is 18.0 Å². The van der Waals surface area contributed by atoms with Crippen LogP contribution in [-0.4, -0.2) is 307 Å². The fourth-order valence-electron chi connectivity index (χ4n) is 17.8. The molecule has 11 amide bonds. The van der Waals surface area contributed by atoms with E-state index < -0.39 is 241 Å². The number of aromatic hydroxyl groups is 1. The third-order valence-electron chi connectivity index (χ3n) is 26.2. The molecule has 0 spiro atoms. The largest absolute Gasteiger partial charge is 0.508 e. The van der Waals surface area contributed by atoms with Gasteiger partial charge in [-0.1, -0.05) is 85.8 Å². The average molecular weight is 2030 g/mol. The van der Waals surface area contributed by atoms with E-state index >= 15 is 0 Å². The number of urea groups is 1. The molecule has 19 atom stereocenters. The number of fused-ring (bicyclic) bond motifs is 1. The highest BCUT2D eigenvalue weighted by molar-refractivity contribution is 6.01. The zero-order valence-electron chi connectivity index (χ0n) is 85.7. The minimum atomic E-state index is -1.81. The summed E-state index contributed by atoms with van der Waals surface area (Å²) in [7, 11) is 0. The Balaban J connectivity index is 1.29. The lowest BCUT2D eigenvalue weighted by Gasteiger charge is -2.29. The van der Waals surface area contributed by atoms with Crippen LogP contribution in [0.3, 0.4) is 0 Å². The minimum Gasteiger partial charge on any atom is -0.508 e. The summed E-state index contributed by atoms with van der Waals surface area (Å²) in [5, 5.41) is 78.6. The second-order valence-corrected chi connectivity index (χ2v) is 39.1. The number of aliphatic hydroxyl groups is 2. The third-order valence-corrected chi connectivity index (χ3v) is 26.2. The van der Waals surface area contributed by atoms with Crippen molar-refractivity contribution in [2.24, 2.45) is 64.7 Å². The maximum atomic E-state index is 14.7. The normalized spacial score (nSPS) is 18.1. The van der Waals surface area contributed by atoms with Crippen molar-refractivity contribution in [2.75, 3.05) is 92.2 Å². The Morgan fingerprint density at radius 3 is 1.55 bits per heavy atom. The van der Waals surface area contributed by atoms with Crippen molar-refractivity contribution in [3.63, 3.8) is 0 Å². The number of rotatable bonds is 80. The van der Waals surface area contributed by atoms with Gasteiger partial charge in [0.15, 0.2) is 40.5 Å². The van der Waals surface area contributed by atoms with Crippen molar-refractivity contribution in [2.45, 2.75) is 341 Å². The van der Waals surface area contributed by atoms with Crippen molar-refractivity contribution < 1.29 is 140 Å². The van der Waals surface area contributed by atoms with Gasteiger partial charge in [0.2, 0.25) is 53.2 Å². The molecule has 1 aromatic rings. The van der Waals surface area contributed by atoms with Gasteiger partial charge in [0.25, 0.3) is 0 Å². The highest BCUT2D eigenvalue weighted by Gasteiger charge is 2.44. The van der Waals surface area contributed by atoms with Crippen molar-refractivity contribution in [1.82, 2.24) is 58.1 Å². The van der Waals surface area contributed by atoms with Crippen molar-refractivity contribution in [3.05, 3.63) is 29.8 Å². The van der Waals surface area contributed by atoms with Gasteiger partial charge in [-0.15, -0.1) is 0 Å². The number of hydrogen-bond acceptors (Lipinski definition) is 29. The van der Waals surface area contributed by atoms with Crippen LogP contribution in [0.2, 0.25) is 0 Å². The number of nitrogens with zero attached hydrogens (tertiary/aromatic N) is 1. The molecule has 0 aromatic heterocycles. The molecule has 0 radical (unpaired) electrons. The van der Waals surface area contributed by atoms with Crippen LogP contribution in [-0.2, 0) is 116 Å². The highest BCUT2D eigenvalue weighted by Crippen LogP contribution is 2.34. The predicted molar refractivity (Wildman–Crippen MR) is 525 cm³/mol. The molecule has 3 fully saturated rings. The first kappa shape index (κ1) is 125. The van der Waals surface area contributed by atoms with Crippen LogP contribution in [0.4, 0.5) is 4.79 Å². The Kier molecular flexibility index (Phi) is 59.7. The number of unbranched alkanes of at least 4 members (excludes halogenated alkanes) is 5. The number of benzene rings is 1. The van der Waals surface area contributed by atoms with Crippen LogP contribution in [0.15, 0.2) is 24.3 Å². The lowest BCUT2D eigenvalue weighted by atomic mass is 9.86. The number of likely N-dealkylation sites (tertiary alicyclic amines) is 1. The first-order valence-electron chi connectivity index (χ1n) is 51.2. The molecule has 143 heavy (non-hydrogen) atoms. The number of amides is 11. The lowest BCUT2D eigenvalue weighted by Crippen LogP contribution is -2.56. The standard InChI is InChI=1S/C101H165N13O29/c1-12-13-14-23-70(95(132)106-64(8)82(120)56-73(58-90(129)130)97(134)112-91(66(10)116)86(124)57-72(53-68-28-31-74(118)32-29-68)96(133)109-79(51-60(2)3)84(122)55-71(24-17-19-37-102)100(137)114-40-21-26-80(114)65(9)115)54-81(119)63(7)105-94(131)62(6)52-83(121)76(25-18-20-38-103)107-98(135)75(61(4)5)59-85(123)77(34-35-89(127)128)108-99(136)92(67(11)117)111-88(126)36-41-139-43-45-141-47-49-143-50-48-142-46-44-140-42-39-104-87(125)27-16-15-22-69-30-33-78-93(69)113-101(138)110-78/h28-29,31-32,60-64,66-67,69-73,75-80,91-93,116-118H,12-27,30,33-59,102-103H2,1-11H3,(H,104,125)(H,105,131)(H,106,132)(H,107,135)(H,108,136)(H,109,133)(H,111,126)(H,112,134)(H,127,128)(H,129,130)(H2,110,113,138)/t62-,63-,64-,66+,67-,69-,70-,71-,72-,73+,75+,76-,77-,78-,79-,80-,91?,92?,93+/m1/s1. The van der Waals surface area contributed by atoms with E-state index in [0.717, 1.165) is 39.0 Å². The number of phenolic OH excluding ortho intramolecular Hbond substituents is 1. The number of phenols is 1. The van der Waals surface area contributed by atoms with Gasteiger partial charge in [-0.25, -0.2) is 4.79 Å². The van der Waals surface area contributed by atoms with Crippen LogP contribution >= 0.6 is 0 Å². The minimum absolute atomic E-state index is 0.0281. The van der Waals surface area contributed by atoms with Gasteiger partial charge in [-0.05, 0) is 179 Å². The fourth-order valence-corrected chi connectivity index (χ4v) is 17.8. The van der Waals surface area contributed by atoms with Crippen molar-refractivity contribution in [1.29, 1.82) is 0 Å². The summed E-state index contributed by atoms with van der Waals surface area (Å²) in [5.74, 6) is -21.4. The molecule has 4 rings (SSSR count). The summed E-state index contributed by atoms with van der Waals surface area (Å²) >= 11 is 0. The number of ether oxygens (including phenoxy) is 5. The maximum Gasteiger partial charge on any atom is 0.315 e. The number of hydrogen-bond donors (Lipinski definition) is 17. The molecule has 1 aliphatic carbocycles. The number of carboxylic acid groups (broad SMARTS) is 2. The molecule has 42 heteroatoms. The topological polar surface area (TPSA) is 647 Å². The first-order valence-corrected chi connectivity index (χ1v) is 51.2. The molecule has 2 aliphatic heterocycles. The van der Waals surface area contributed by atoms with Crippen LogP contribution in [0, 0.1) is 53.3 Å². The molecular formula is C101H165N13O29. The number of carbonyl (C=O) groups excluding carboxylic acids is 17. The number of Topliss-reactive ketones (excluding diaryl/α,β-unsaturated/α-hetero) is 7. The summed E-state index contributed by atoms with van der Waals surface area (Å²) in [6.07, 6.45) is 1.38. The van der Waals surface area contributed by atoms with Crippen LogP contribution < -0.4 is 64.6 Å². The van der Waals surface area contributed by atoms with E-state index in [4.69, 9.17) is 35.2 Å². The molecule has 42 nitrogen and oxygen atoms in total. The second kappa shape index (κ2) is 68.2. The monoisotopic (exact) mass is 2020 g/mol. The smallest absolute Gasteiger partial charge is 0.315 e. The number of nitrogens with two attached hydrogens (primary N) is 2. The van der Waals surface area contributed by atoms with E-state index in [-0.39, 0.29) is 132 Å². The Bertz CT molecular complexity index is 4230. The summed E-state index contributed by atoms with van der Waals surface area (Å²) in [4.78, 5) is 261. The lowest BCUT2D eigenvalue weighted by molar-refractivity contribution is -0.143. The molecule has 2 saturated heterocycles. The zero-order chi connectivity index (χ0) is 106. The van der Waals surface area contributed by atoms with Crippen molar-refractivity contribution in [3.8, 4) is 5.75 Å². The Morgan fingerprint density at radius 1 is 0.462 bits per heavy atom. The van der Waals surface area contributed by atoms with E-state index in [2.05, 4.69) is 53.2 Å².